The first-order chi connectivity index (χ1) is 10.5. The summed E-state index contributed by atoms with van der Waals surface area (Å²) in [6, 6.07) is 6.19. The van der Waals surface area contributed by atoms with E-state index in [9.17, 15) is 9.90 Å². The lowest BCUT2D eigenvalue weighted by Crippen LogP contribution is -2.42. The van der Waals surface area contributed by atoms with Crippen LogP contribution in [0.2, 0.25) is 0 Å². The molecule has 122 valence electrons. The van der Waals surface area contributed by atoms with Gasteiger partial charge in [0, 0.05) is 26.1 Å². The molecule has 22 heavy (non-hydrogen) atoms. The van der Waals surface area contributed by atoms with Gasteiger partial charge in [0.15, 0.2) is 0 Å². The molecule has 0 bridgehead atoms. The maximum absolute atomic E-state index is 12.2. The summed E-state index contributed by atoms with van der Waals surface area (Å²) in [4.78, 5) is 13.9. The first-order valence-corrected chi connectivity index (χ1v) is 8.20. The van der Waals surface area contributed by atoms with Crippen molar-refractivity contribution in [2.75, 3.05) is 13.6 Å². The molecule has 0 radical (unpaired) electrons. The zero-order chi connectivity index (χ0) is 16.1. The van der Waals surface area contributed by atoms with Crippen molar-refractivity contribution in [3.8, 4) is 0 Å². The molecule has 0 aromatic heterocycles. The maximum atomic E-state index is 12.2. The minimum atomic E-state index is -0.261. The normalized spacial score (nSPS) is 21.5. The predicted molar refractivity (Wildman–Crippen MR) is 88.7 cm³/mol. The van der Waals surface area contributed by atoms with Crippen molar-refractivity contribution in [1.29, 1.82) is 0 Å². The third-order valence-electron chi connectivity index (χ3n) is 4.65. The Kier molecular flexibility index (Phi) is 5.83. The average molecular weight is 304 g/mol. The molecule has 4 heteroatoms. The summed E-state index contributed by atoms with van der Waals surface area (Å²) in [6.45, 7) is 5.30. The van der Waals surface area contributed by atoms with Crippen LogP contribution in [0.4, 0.5) is 4.79 Å². The zero-order valence-corrected chi connectivity index (χ0v) is 13.9. The Morgan fingerprint density at radius 3 is 2.73 bits per heavy atom. The monoisotopic (exact) mass is 304 g/mol. The Morgan fingerprint density at radius 2 is 2.05 bits per heavy atom. The minimum absolute atomic E-state index is 0.0715. The number of aliphatic hydroxyl groups is 1. The largest absolute Gasteiger partial charge is 0.393 e. The van der Waals surface area contributed by atoms with Gasteiger partial charge in [0.05, 0.1) is 6.10 Å². The highest BCUT2D eigenvalue weighted by Crippen LogP contribution is 2.24. The van der Waals surface area contributed by atoms with E-state index in [1.807, 2.05) is 0 Å². The van der Waals surface area contributed by atoms with Crippen molar-refractivity contribution in [2.24, 2.45) is 5.92 Å². The lowest BCUT2D eigenvalue weighted by molar-refractivity contribution is 0.0565. The molecule has 2 atom stereocenters. The van der Waals surface area contributed by atoms with Crippen LogP contribution in [0.15, 0.2) is 18.2 Å². The van der Waals surface area contributed by atoms with E-state index in [0.29, 0.717) is 13.1 Å². The summed E-state index contributed by atoms with van der Waals surface area (Å²) in [5.41, 5.74) is 3.58. The van der Waals surface area contributed by atoms with Crippen molar-refractivity contribution in [2.45, 2.75) is 52.2 Å². The van der Waals surface area contributed by atoms with Crippen molar-refractivity contribution >= 4 is 6.03 Å². The Bertz CT molecular complexity index is 516. The number of amides is 2. The highest BCUT2D eigenvalue weighted by atomic mass is 16.3. The second-order valence-electron chi connectivity index (χ2n) is 6.58. The standard InChI is InChI=1S/C18H28N2O2/c1-13-8-9-15(14(2)10-13)11-19-18(22)20(3)12-16-6-4-5-7-17(16)21/h8-10,16-17,21H,4-7,11-12H2,1-3H3,(H,19,22). The number of nitrogens with zero attached hydrogens (tertiary/aromatic N) is 1. The maximum Gasteiger partial charge on any atom is 0.317 e. The topological polar surface area (TPSA) is 52.6 Å². The van der Waals surface area contributed by atoms with Gasteiger partial charge in [-0.2, -0.15) is 0 Å². The molecule has 1 aliphatic rings. The van der Waals surface area contributed by atoms with Gasteiger partial charge < -0.3 is 15.3 Å². The molecule has 1 aromatic carbocycles. The van der Waals surface area contributed by atoms with Crippen molar-refractivity contribution in [3.63, 3.8) is 0 Å². The molecule has 1 aliphatic carbocycles. The predicted octanol–water partition coefficient (Wildman–Crippen LogP) is 3.00. The first kappa shape index (κ1) is 16.8. The number of aliphatic hydroxyl groups excluding tert-OH is 1. The van der Waals surface area contributed by atoms with E-state index in [0.717, 1.165) is 31.2 Å². The quantitative estimate of drug-likeness (QED) is 0.898. The van der Waals surface area contributed by atoms with Gasteiger partial charge in [0.2, 0.25) is 0 Å². The van der Waals surface area contributed by atoms with E-state index in [-0.39, 0.29) is 18.1 Å². The van der Waals surface area contributed by atoms with Crippen LogP contribution in [-0.4, -0.2) is 35.7 Å². The molecule has 2 N–H and O–H groups in total. The Labute approximate surface area is 133 Å². The van der Waals surface area contributed by atoms with Crippen LogP contribution in [0, 0.1) is 19.8 Å². The van der Waals surface area contributed by atoms with E-state index in [1.165, 1.54) is 11.1 Å². The molecule has 0 heterocycles. The third kappa shape index (κ3) is 4.47. The smallest absolute Gasteiger partial charge is 0.317 e. The first-order valence-electron chi connectivity index (χ1n) is 8.20. The van der Waals surface area contributed by atoms with Gasteiger partial charge in [0.25, 0.3) is 0 Å². The van der Waals surface area contributed by atoms with Crippen molar-refractivity contribution in [3.05, 3.63) is 34.9 Å². The molecule has 1 saturated carbocycles. The highest BCUT2D eigenvalue weighted by Gasteiger charge is 2.25. The lowest BCUT2D eigenvalue weighted by Gasteiger charge is -2.31. The van der Waals surface area contributed by atoms with Crippen LogP contribution in [0.25, 0.3) is 0 Å². The van der Waals surface area contributed by atoms with Crippen LogP contribution in [0.1, 0.15) is 42.4 Å². The number of nitrogens with one attached hydrogen (secondary N) is 1. The molecule has 0 spiro atoms. The Morgan fingerprint density at radius 1 is 1.32 bits per heavy atom. The van der Waals surface area contributed by atoms with Crippen molar-refractivity contribution in [1.82, 2.24) is 10.2 Å². The molecule has 1 aromatic rings. The Balaban J connectivity index is 1.83. The molecule has 1 fully saturated rings. The summed E-state index contributed by atoms with van der Waals surface area (Å²) in [7, 11) is 1.80. The van der Waals surface area contributed by atoms with Crippen LogP contribution in [-0.2, 0) is 6.54 Å². The van der Waals surface area contributed by atoms with Gasteiger partial charge in [-0.1, -0.05) is 36.6 Å². The van der Waals surface area contributed by atoms with Crippen molar-refractivity contribution < 1.29 is 9.90 Å². The summed E-state index contributed by atoms with van der Waals surface area (Å²) in [5.74, 6) is 0.214. The van der Waals surface area contributed by atoms with Gasteiger partial charge in [-0.05, 0) is 37.8 Å². The van der Waals surface area contributed by atoms with Gasteiger partial charge >= 0.3 is 6.03 Å². The van der Waals surface area contributed by atoms with Crippen LogP contribution < -0.4 is 5.32 Å². The number of urea groups is 1. The van der Waals surface area contributed by atoms with E-state index >= 15 is 0 Å². The molecule has 0 saturated heterocycles. The molecule has 2 amide bonds. The summed E-state index contributed by atoms with van der Waals surface area (Å²) in [6.07, 6.45) is 3.86. The Hall–Kier alpha value is -1.55. The number of rotatable bonds is 4. The fraction of sp³-hybridized carbons (Fsp3) is 0.611. The number of benzene rings is 1. The number of carbonyl (C=O) groups is 1. The minimum Gasteiger partial charge on any atom is -0.393 e. The number of hydrogen-bond donors (Lipinski definition) is 2. The number of carbonyl (C=O) groups excluding carboxylic acids is 1. The number of hydrogen-bond acceptors (Lipinski definition) is 2. The fourth-order valence-corrected chi connectivity index (χ4v) is 3.19. The van der Waals surface area contributed by atoms with E-state index in [2.05, 4.69) is 37.4 Å². The molecular weight excluding hydrogens is 276 g/mol. The second-order valence-corrected chi connectivity index (χ2v) is 6.58. The summed E-state index contributed by atoms with van der Waals surface area (Å²) < 4.78 is 0. The van der Waals surface area contributed by atoms with Gasteiger partial charge in [-0.15, -0.1) is 0 Å². The third-order valence-corrected chi connectivity index (χ3v) is 4.65. The van der Waals surface area contributed by atoms with Crippen LogP contribution in [0.3, 0.4) is 0 Å². The SMILES string of the molecule is Cc1ccc(CNC(=O)N(C)CC2CCCCC2O)c(C)c1. The summed E-state index contributed by atoms with van der Waals surface area (Å²) in [5, 5.41) is 13.0. The molecular formula is C18H28N2O2. The molecule has 4 nitrogen and oxygen atoms in total. The second kappa shape index (κ2) is 7.63. The lowest BCUT2D eigenvalue weighted by atomic mass is 9.86. The molecule has 2 unspecified atom stereocenters. The van der Waals surface area contributed by atoms with Gasteiger partial charge in [0.1, 0.15) is 0 Å². The number of aryl methyl sites for hydroxylation is 2. The van der Waals surface area contributed by atoms with Crippen LogP contribution >= 0.6 is 0 Å². The molecule has 2 rings (SSSR count). The van der Waals surface area contributed by atoms with E-state index in [4.69, 9.17) is 0 Å². The van der Waals surface area contributed by atoms with E-state index in [1.54, 1.807) is 11.9 Å². The molecule has 0 aliphatic heterocycles. The van der Waals surface area contributed by atoms with Crippen LogP contribution in [0.5, 0.6) is 0 Å². The summed E-state index contributed by atoms with van der Waals surface area (Å²) >= 11 is 0. The van der Waals surface area contributed by atoms with Gasteiger partial charge in [-0.3, -0.25) is 0 Å². The zero-order valence-electron chi connectivity index (χ0n) is 13.9. The van der Waals surface area contributed by atoms with E-state index < -0.39 is 0 Å². The average Bonchev–Trinajstić information content (AvgIpc) is 2.48. The fourth-order valence-electron chi connectivity index (χ4n) is 3.19. The van der Waals surface area contributed by atoms with Gasteiger partial charge in [-0.25, -0.2) is 4.79 Å². The highest BCUT2D eigenvalue weighted by molar-refractivity contribution is 5.73.